The van der Waals surface area contributed by atoms with Crippen molar-refractivity contribution < 1.29 is 5.11 Å². The molecule has 0 aliphatic heterocycles. The summed E-state index contributed by atoms with van der Waals surface area (Å²) in [5, 5.41) is 10.2. The molecule has 0 bridgehead atoms. The molecule has 2 rings (SSSR count). The van der Waals surface area contributed by atoms with E-state index in [2.05, 4.69) is 9.97 Å². The maximum atomic E-state index is 10.2. The minimum atomic E-state index is -0.722. The molecule has 0 spiro atoms. The Balaban J connectivity index is 2.38. The first kappa shape index (κ1) is 8.63. The highest BCUT2D eigenvalue weighted by molar-refractivity contribution is 5.27. The minimum absolute atomic E-state index is 0.0339. The zero-order chi connectivity index (χ0) is 9.69. The average molecular weight is 178 g/mol. The van der Waals surface area contributed by atoms with Crippen LogP contribution in [0.15, 0.2) is 12.4 Å². The fourth-order valence-electron chi connectivity index (χ4n) is 1.71. The fraction of sp³-hybridized carbons (Fsp3) is 0.600. The lowest BCUT2D eigenvalue weighted by molar-refractivity contribution is 0.104. The number of hydrogen-bond donors (Lipinski definition) is 1. The largest absolute Gasteiger partial charge is 0.383 e. The van der Waals surface area contributed by atoms with Gasteiger partial charge < -0.3 is 5.11 Å². The predicted molar refractivity (Wildman–Crippen MR) is 49.1 cm³/mol. The molecule has 1 fully saturated rings. The number of aliphatic hydroxyl groups is 1. The molecule has 1 saturated carbocycles. The van der Waals surface area contributed by atoms with E-state index in [4.69, 9.17) is 0 Å². The summed E-state index contributed by atoms with van der Waals surface area (Å²) in [6.07, 6.45) is 2.30. The number of aromatic nitrogens is 2. The second-order valence-corrected chi connectivity index (χ2v) is 4.47. The Morgan fingerprint density at radius 1 is 1.38 bits per heavy atom. The minimum Gasteiger partial charge on any atom is -0.383 e. The van der Waals surface area contributed by atoms with Crippen LogP contribution in [-0.2, 0) is 5.60 Å². The summed E-state index contributed by atoms with van der Waals surface area (Å²) in [5.74, 6) is 0. The first-order chi connectivity index (χ1) is 5.96. The maximum Gasteiger partial charge on any atom is 0.116 e. The van der Waals surface area contributed by atoms with Crippen molar-refractivity contribution in [1.29, 1.82) is 0 Å². The van der Waals surface area contributed by atoms with Crippen LogP contribution in [0.4, 0.5) is 0 Å². The zero-order valence-corrected chi connectivity index (χ0v) is 8.20. The van der Waals surface area contributed by atoms with Gasteiger partial charge in [0.05, 0.1) is 5.69 Å². The van der Waals surface area contributed by atoms with Gasteiger partial charge in [0, 0.05) is 11.1 Å². The Morgan fingerprint density at radius 2 is 2.00 bits per heavy atom. The highest BCUT2D eigenvalue weighted by atomic mass is 16.3. The molecule has 1 atom stereocenters. The maximum absolute atomic E-state index is 10.2. The van der Waals surface area contributed by atoms with Gasteiger partial charge >= 0.3 is 0 Å². The predicted octanol–water partition coefficient (Wildman–Crippen LogP) is 1.40. The van der Waals surface area contributed by atoms with E-state index in [1.807, 2.05) is 26.8 Å². The highest BCUT2D eigenvalue weighted by Gasteiger charge is 2.62. The monoisotopic (exact) mass is 178 g/mol. The van der Waals surface area contributed by atoms with Crippen molar-refractivity contribution in [3.05, 3.63) is 23.8 Å². The molecule has 1 unspecified atom stereocenters. The van der Waals surface area contributed by atoms with Crippen molar-refractivity contribution in [2.75, 3.05) is 0 Å². The lowest BCUT2D eigenvalue weighted by Crippen LogP contribution is -2.15. The van der Waals surface area contributed by atoms with E-state index < -0.39 is 5.60 Å². The Kier molecular flexibility index (Phi) is 1.52. The number of hydrogen-bond acceptors (Lipinski definition) is 3. The standard InChI is InChI=1S/C10H14N2O/c1-7-4-8(12-6-11-7)10(13)5-9(10,2)3/h4,6,13H,5H2,1-3H3. The summed E-state index contributed by atoms with van der Waals surface area (Å²) in [6, 6.07) is 1.86. The molecular weight excluding hydrogens is 164 g/mol. The Labute approximate surface area is 77.8 Å². The summed E-state index contributed by atoms with van der Waals surface area (Å²) in [5.41, 5.74) is 0.903. The highest BCUT2D eigenvalue weighted by Crippen LogP contribution is 2.61. The summed E-state index contributed by atoms with van der Waals surface area (Å²) in [4.78, 5) is 8.11. The van der Waals surface area contributed by atoms with Crippen molar-refractivity contribution in [2.24, 2.45) is 5.41 Å². The van der Waals surface area contributed by atoms with Crippen LogP contribution in [-0.4, -0.2) is 15.1 Å². The second-order valence-electron chi connectivity index (χ2n) is 4.47. The van der Waals surface area contributed by atoms with Crippen molar-refractivity contribution in [1.82, 2.24) is 9.97 Å². The van der Waals surface area contributed by atoms with E-state index in [9.17, 15) is 5.11 Å². The Hall–Kier alpha value is -0.960. The van der Waals surface area contributed by atoms with Crippen LogP contribution in [0.25, 0.3) is 0 Å². The van der Waals surface area contributed by atoms with Crippen LogP contribution in [0.2, 0.25) is 0 Å². The zero-order valence-electron chi connectivity index (χ0n) is 8.20. The van der Waals surface area contributed by atoms with Crippen LogP contribution >= 0.6 is 0 Å². The number of aryl methyl sites for hydroxylation is 1. The van der Waals surface area contributed by atoms with Gasteiger partial charge in [0.1, 0.15) is 11.9 Å². The molecule has 0 amide bonds. The second kappa shape index (κ2) is 2.29. The van der Waals surface area contributed by atoms with Crippen LogP contribution in [0.3, 0.4) is 0 Å². The summed E-state index contributed by atoms with van der Waals surface area (Å²) in [6.45, 7) is 6.00. The van der Waals surface area contributed by atoms with E-state index in [1.54, 1.807) is 0 Å². The number of rotatable bonds is 1. The summed E-state index contributed by atoms with van der Waals surface area (Å²) >= 11 is 0. The molecule has 3 heteroatoms. The van der Waals surface area contributed by atoms with E-state index in [1.165, 1.54) is 6.33 Å². The van der Waals surface area contributed by atoms with E-state index in [0.29, 0.717) is 0 Å². The fourth-order valence-corrected chi connectivity index (χ4v) is 1.71. The van der Waals surface area contributed by atoms with Gasteiger partial charge in [-0.2, -0.15) is 0 Å². The summed E-state index contributed by atoms with van der Waals surface area (Å²) < 4.78 is 0. The van der Waals surface area contributed by atoms with Gasteiger partial charge in [-0.25, -0.2) is 9.97 Å². The molecule has 1 aromatic rings. The molecule has 3 nitrogen and oxygen atoms in total. The third kappa shape index (κ3) is 1.15. The van der Waals surface area contributed by atoms with Crippen LogP contribution in [0.5, 0.6) is 0 Å². The Morgan fingerprint density at radius 3 is 2.46 bits per heavy atom. The molecule has 70 valence electrons. The molecule has 1 heterocycles. The normalized spacial score (nSPS) is 30.2. The molecule has 0 radical (unpaired) electrons. The third-order valence-corrected chi connectivity index (χ3v) is 2.92. The quantitative estimate of drug-likeness (QED) is 0.707. The third-order valence-electron chi connectivity index (χ3n) is 2.92. The van der Waals surface area contributed by atoms with Crippen molar-refractivity contribution in [3.8, 4) is 0 Å². The first-order valence-corrected chi connectivity index (χ1v) is 4.47. The van der Waals surface area contributed by atoms with E-state index in [0.717, 1.165) is 17.8 Å². The van der Waals surface area contributed by atoms with Gasteiger partial charge in [0.15, 0.2) is 0 Å². The van der Waals surface area contributed by atoms with Crippen LogP contribution < -0.4 is 0 Å². The van der Waals surface area contributed by atoms with E-state index >= 15 is 0 Å². The van der Waals surface area contributed by atoms with Gasteiger partial charge in [-0.05, 0) is 19.4 Å². The number of nitrogens with zero attached hydrogens (tertiary/aromatic N) is 2. The van der Waals surface area contributed by atoms with Gasteiger partial charge in [0.25, 0.3) is 0 Å². The van der Waals surface area contributed by atoms with Gasteiger partial charge in [-0.1, -0.05) is 13.8 Å². The van der Waals surface area contributed by atoms with Gasteiger partial charge in [0.2, 0.25) is 0 Å². The lowest BCUT2D eigenvalue weighted by Gasteiger charge is -2.12. The van der Waals surface area contributed by atoms with Crippen LogP contribution in [0.1, 0.15) is 31.7 Å². The molecule has 13 heavy (non-hydrogen) atoms. The van der Waals surface area contributed by atoms with Crippen molar-refractivity contribution >= 4 is 0 Å². The Bertz CT molecular complexity index is 349. The molecule has 0 saturated heterocycles. The van der Waals surface area contributed by atoms with Crippen molar-refractivity contribution in [3.63, 3.8) is 0 Å². The molecule has 0 aromatic carbocycles. The van der Waals surface area contributed by atoms with Gasteiger partial charge in [-0.3, -0.25) is 0 Å². The SMILES string of the molecule is Cc1cc(C2(O)CC2(C)C)ncn1. The molecular formula is C10H14N2O. The van der Waals surface area contributed by atoms with Crippen molar-refractivity contribution in [2.45, 2.75) is 32.8 Å². The first-order valence-electron chi connectivity index (χ1n) is 4.47. The van der Waals surface area contributed by atoms with E-state index in [-0.39, 0.29) is 5.41 Å². The molecule has 1 aliphatic carbocycles. The molecule has 1 aromatic heterocycles. The van der Waals surface area contributed by atoms with Gasteiger partial charge in [-0.15, -0.1) is 0 Å². The smallest absolute Gasteiger partial charge is 0.116 e. The molecule has 1 N–H and O–H groups in total. The summed E-state index contributed by atoms with van der Waals surface area (Å²) in [7, 11) is 0. The topological polar surface area (TPSA) is 46.0 Å². The molecule has 1 aliphatic rings. The average Bonchev–Trinajstić information content (AvgIpc) is 2.53. The van der Waals surface area contributed by atoms with Crippen LogP contribution in [0, 0.1) is 12.3 Å². The lowest BCUT2D eigenvalue weighted by atomic mass is 10.0.